The van der Waals surface area contributed by atoms with Gasteiger partial charge in [-0.1, -0.05) is 23.2 Å². The fraction of sp³-hybridized carbons (Fsp3) is 0.568. The van der Waals surface area contributed by atoms with E-state index >= 15 is 0 Å². The number of nitrogens with zero attached hydrogens (tertiary/aromatic N) is 6. The number of hydrogen-bond donors (Lipinski definition) is 0. The molecule has 3 aliphatic heterocycles. The molecule has 3 heterocycles. The number of rotatable bonds is 8. The van der Waals surface area contributed by atoms with Gasteiger partial charge in [0.05, 0.1) is 10.6 Å². The summed E-state index contributed by atoms with van der Waals surface area (Å²) in [5.74, 6) is -0.892. The van der Waals surface area contributed by atoms with Crippen LogP contribution in [0.5, 0.6) is 17.2 Å². The largest absolute Gasteiger partial charge is 0.415 e. The molecular weight excluding hydrogens is 711 g/mol. The molecule has 3 amide bonds. The molecular formula is C37H50Cl2N6O7. The molecule has 5 rings (SSSR count). The van der Waals surface area contributed by atoms with Crippen molar-refractivity contribution in [2.24, 2.45) is 0 Å². The van der Waals surface area contributed by atoms with Crippen LogP contribution in [0, 0.1) is 0 Å². The first-order chi connectivity index (χ1) is 24.7. The van der Waals surface area contributed by atoms with Crippen molar-refractivity contribution >= 4 is 47.3 Å². The van der Waals surface area contributed by atoms with Crippen molar-refractivity contribution < 1.29 is 33.4 Å². The van der Waals surface area contributed by atoms with Crippen molar-refractivity contribution in [1.29, 1.82) is 0 Å². The summed E-state index contributed by atoms with van der Waals surface area (Å²) in [5.41, 5.74) is -0.0806. The number of amides is 3. The highest BCUT2D eigenvalue weighted by Gasteiger charge is 2.31. The third kappa shape index (κ3) is 9.67. The van der Waals surface area contributed by atoms with Crippen LogP contribution in [0.4, 0.5) is 14.4 Å². The quantitative estimate of drug-likeness (QED) is 0.306. The molecule has 52 heavy (non-hydrogen) atoms. The van der Waals surface area contributed by atoms with Crippen molar-refractivity contribution in [1.82, 2.24) is 29.4 Å². The second-order valence-electron chi connectivity index (χ2n) is 14.2. The first kappa shape index (κ1) is 39.6. The summed E-state index contributed by atoms with van der Waals surface area (Å²) in [5, 5.41) is 0.171. The van der Waals surface area contributed by atoms with E-state index in [2.05, 4.69) is 56.2 Å². The molecule has 13 nitrogen and oxygen atoms in total. The average Bonchev–Trinajstić information content (AvgIpc) is 3.13. The van der Waals surface area contributed by atoms with Crippen molar-refractivity contribution in [3.05, 3.63) is 51.5 Å². The molecule has 284 valence electrons. The van der Waals surface area contributed by atoms with Crippen molar-refractivity contribution in [2.75, 3.05) is 78.5 Å². The SMILES string of the molecule is CC(C)N1CCN(C(=O)Oc2cc(Cl)c(C(=O)c3cc(Cl)ccc3OC(=O)N3CCN(C(C)C)CC3)cc2OC(=O)N2CCN(C(C)C)CC2)CC1. The molecule has 3 fully saturated rings. The van der Waals surface area contributed by atoms with Gasteiger partial charge in [-0.05, 0) is 65.8 Å². The fourth-order valence-electron chi connectivity index (χ4n) is 6.52. The molecule has 3 aliphatic rings. The Labute approximate surface area is 316 Å². The van der Waals surface area contributed by atoms with Crippen molar-refractivity contribution in [2.45, 2.75) is 59.7 Å². The number of ketones is 1. The Morgan fingerprint density at radius 3 is 1.25 bits per heavy atom. The minimum Gasteiger partial charge on any atom is -0.409 e. The molecule has 0 atom stereocenters. The fourth-order valence-corrected chi connectivity index (χ4v) is 6.93. The van der Waals surface area contributed by atoms with Crippen molar-refractivity contribution in [3.63, 3.8) is 0 Å². The van der Waals surface area contributed by atoms with E-state index in [0.717, 1.165) is 0 Å². The Morgan fingerprint density at radius 1 is 0.500 bits per heavy atom. The predicted octanol–water partition coefficient (Wildman–Crippen LogP) is 5.80. The maximum atomic E-state index is 14.2. The lowest BCUT2D eigenvalue weighted by Gasteiger charge is -2.36. The maximum Gasteiger partial charge on any atom is 0.415 e. The highest BCUT2D eigenvalue weighted by molar-refractivity contribution is 6.36. The van der Waals surface area contributed by atoms with E-state index in [0.29, 0.717) is 96.7 Å². The summed E-state index contributed by atoms with van der Waals surface area (Å²) in [6.45, 7) is 19.5. The summed E-state index contributed by atoms with van der Waals surface area (Å²) < 4.78 is 17.4. The van der Waals surface area contributed by atoms with Crippen LogP contribution < -0.4 is 14.2 Å². The van der Waals surface area contributed by atoms with Gasteiger partial charge in [0.2, 0.25) is 0 Å². The van der Waals surface area contributed by atoms with Crippen molar-refractivity contribution in [3.8, 4) is 17.2 Å². The number of carbonyl (C=O) groups excluding carboxylic acids is 4. The monoisotopic (exact) mass is 760 g/mol. The standard InChI is InChI=1S/C37H50Cl2N6O7/c1-24(2)40-9-15-43(16-10-40)35(47)50-31-8-7-27(38)21-29(31)34(46)28-22-32(51-36(48)44-17-11-41(12-18-44)25(3)4)33(23-30(28)39)52-37(49)45-19-13-42(14-20-45)26(5)6/h7-8,21-26H,9-20H2,1-6H3. The van der Waals surface area contributed by atoms with E-state index in [1.54, 1.807) is 14.7 Å². The number of halogens is 2. The molecule has 3 saturated heterocycles. The van der Waals surface area contributed by atoms with E-state index in [1.165, 1.54) is 30.3 Å². The zero-order valence-corrected chi connectivity index (χ0v) is 32.4. The summed E-state index contributed by atoms with van der Waals surface area (Å²) in [4.78, 5) is 65.8. The molecule has 0 saturated carbocycles. The number of benzene rings is 2. The predicted molar refractivity (Wildman–Crippen MR) is 199 cm³/mol. The van der Waals surface area contributed by atoms with E-state index in [1.807, 2.05) is 0 Å². The van der Waals surface area contributed by atoms with Gasteiger partial charge in [-0.2, -0.15) is 0 Å². The maximum absolute atomic E-state index is 14.2. The van der Waals surface area contributed by atoms with Crippen LogP contribution in [0.15, 0.2) is 30.3 Å². The number of hydrogen-bond acceptors (Lipinski definition) is 10. The lowest BCUT2D eigenvalue weighted by atomic mass is 10.0. The normalized spacial score (nSPS) is 17.9. The van der Waals surface area contributed by atoms with Gasteiger partial charge in [-0.3, -0.25) is 19.5 Å². The number of piperazine rings is 3. The molecule has 2 aromatic rings. The van der Waals surface area contributed by atoms with Crippen LogP contribution in [0.1, 0.15) is 57.5 Å². The Balaban J connectivity index is 1.40. The molecule has 0 N–H and O–H groups in total. The van der Waals surface area contributed by atoms with E-state index in [9.17, 15) is 19.2 Å². The summed E-state index contributed by atoms with van der Waals surface area (Å²) >= 11 is 13.0. The van der Waals surface area contributed by atoms with E-state index in [4.69, 9.17) is 37.4 Å². The van der Waals surface area contributed by atoms with Gasteiger partial charge in [-0.25, -0.2) is 14.4 Å². The van der Waals surface area contributed by atoms with Crippen LogP contribution in [-0.2, 0) is 0 Å². The van der Waals surface area contributed by atoms with Gasteiger partial charge >= 0.3 is 18.3 Å². The molecule has 0 spiro atoms. The van der Waals surface area contributed by atoms with Gasteiger partial charge in [-0.15, -0.1) is 0 Å². The first-order valence-electron chi connectivity index (χ1n) is 18.0. The summed E-state index contributed by atoms with van der Waals surface area (Å²) in [7, 11) is 0. The van der Waals surface area contributed by atoms with E-state index < -0.39 is 24.1 Å². The van der Waals surface area contributed by atoms with Crippen LogP contribution in [0.25, 0.3) is 0 Å². The van der Waals surface area contributed by atoms with Crippen LogP contribution in [0.3, 0.4) is 0 Å². The van der Waals surface area contributed by atoms with Gasteiger partial charge in [0.1, 0.15) is 5.75 Å². The minimum absolute atomic E-state index is 0.000585. The first-order valence-corrected chi connectivity index (χ1v) is 18.8. The average molecular weight is 762 g/mol. The third-order valence-electron chi connectivity index (χ3n) is 9.96. The van der Waals surface area contributed by atoms with Gasteiger partial charge in [0.25, 0.3) is 0 Å². The number of ether oxygens (including phenoxy) is 3. The number of carbonyl (C=O) groups is 4. The Hall–Kier alpha value is -3.62. The molecule has 0 aromatic heterocycles. The lowest BCUT2D eigenvalue weighted by molar-refractivity contribution is 0.0914. The van der Waals surface area contributed by atoms with Crippen LogP contribution in [-0.4, -0.2) is 150 Å². The zero-order valence-electron chi connectivity index (χ0n) is 30.9. The molecule has 0 radical (unpaired) electrons. The van der Waals surface area contributed by atoms with E-state index in [-0.39, 0.29) is 38.4 Å². The molecule has 2 aromatic carbocycles. The summed E-state index contributed by atoms with van der Waals surface area (Å²) in [6, 6.07) is 7.99. The molecule has 0 bridgehead atoms. The zero-order chi connectivity index (χ0) is 37.7. The summed E-state index contributed by atoms with van der Waals surface area (Å²) in [6.07, 6.45) is -1.86. The second kappa shape index (κ2) is 17.5. The minimum atomic E-state index is -0.651. The van der Waals surface area contributed by atoms with Gasteiger partial charge < -0.3 is 28.9 Å². The highest BCUT2D eigenvalue weighted by atomic mass is 35.5. The van der Waals surface area contributed by atoms with Crippen LogP contribution >= 0.6 is 23.2 Å². The van der Waals surface area contributed by atoms with Gasteiger partial charge in [0.15, 0.2) is 17.3 Å². The second-order valence-corrected chi connectivity index (χ2v) is 15.0. The third-order valence-corrected chi connectivity index (χ3v) is 10.5. The Morgan fingerprint density at radius 2 is 0.865 bits per heavy atom. The van der Waals surface area contributed by atoms with Gasteiger partial charge in [0, 0.05) is 113 Å². The Kier molecular flexibility index (Phi) is 13.3. The Bertz CT molecular complexity index is 1620. The van der Waals surface area contributed by atoms with Crippen LogP contribution in [0.2, 0.25) is 10.0 Å². The lowest BCUT2D eigenvalue weighted by Crippen LogP contribution is -2.51. The highest BCUT2D eigenvalue weighted by Crippen LogP contribution is 2.37. The molecule has 0 unspecified atom stereocenters. The molecule has 15 heteroatoms. The molecule has 0 aliphatic carbocycles. The topological polar surface area (TPSA) is 115 Å². The smallest absolute Gasteiger partial charge is 0.409 e.